The maximum atomic E-state index is 12.2. The summed E-state index contributed by atoms with van der Waals surface area (Å²) in [5.74, 6) is -1.10. The van der Waals surface area contributed by atoms with Crippen LogP contribution in [0.4, 0.5) is 0 Å². The van der Waals surface area contributed by atoms with Crippen molar-refractivity contribution >= 4 is 11.9 Å². The molecule has 0 aromatic rings. The molecule has 0 heterocycles. The molecular weight excluding hydrogens is 412 g/mol. The van der Waals surface area contributed by atoms with Gasteiger partial charge in [-0.05, 0) is 19.3 Å². The molecule has 0 saturated heterocycles. The minimum Gasteiger partial charge on any atom is -0.481 e. The second kappa shape index (κ2) is 25.6. The maximum Gasteiger partial charge on any atom is 0.307 e. The molecule has 0 bridgehead atoms. The molecule has 1 atom stereocenters. The lowest BCUT2D eigenvalue weighted by Crippen LogP contribution is -2.21. The quantitative estimate of drug-likeness (QED) is 0.101. The summed E-state index contributed by atoms with van der Waals surface area (Å²) >= 11 is 0. The van der Waals surface area contributed by atoms with Crippen molar-refractivity contribution in [3.8, 4) is 0 Å². The van der Waals surface area contributed by atoms with E-state index >= 15 is 0 Å². The first-order valence-corrected chi connectivity index (χ1v) is 14.5. The van der Waals surface area contributed by atoms with Crippen LogP contribution in [0.3, 0.4) is 0 Å². The standard InChI is InChI=1S/C29H56O4/c1-3-5-7-9-11-13-14-15-17-19-21-23-25-29(32)33-27(26-28(30)31)24-22-20-18-16-12-10-8-6-4-2/h27H,3-26H2,1-2H3,(H,30,31). The van der Waals surface area contributed by atoms with Crippen molar-refractivity contribution in [2.75, 3.05) is 0 Å². The van der Waals surface area contributed by atoms with Gasteiger partial charge in [-0.3, -0.25) is 9.59 Å². The Bertz CT molecular complexity index is 435. The van der Waals surface area contributed by atoms with Crippen molar-refractivity contribution in [2.45, 2.75) is 174 Å². The summed E-state index contributed by atoms with van der Waals surface area (Å²) in [6.45, 7) is 4.49. The van der Waals surface area contributed by atoms with Crippen LogP contribution in [0, 0.1) is 0 Å². The monoisotopic (exact) mass is 468 g/mol. The highest BCUT2D eigenvalue weighted by molar-refractivity contribution is 5.71. The third-order valence-corrected chi connectivity index (χ3v) is 6.56. The second-order valence-corrected chi connectivity index (χ2v) is 9.97. The van der Waals surface area contributed by atoms with Crippen molar-refractivity contribution in [3.63, 3.8) is 0 Å². The van der Waals surface area contributed by atoms with E-state index in [9.17, 15) is 9.59 Å². The Morgan fingerprint density at radius 2 is 0.939 bits per heavy atom. The third kappa shape index (κ3) is 25.4. The Balaban J connectivity index is 3.69. The molecule has 33 heavy (non-hydrogen) atoms. The van der Waals surface area contributed by atoms with Crippen LogP contribution in [-0.4, -0.2) is 23.1 Å². The van der Waals surface area contributed by atoms with E-state index in [0.29, 0.717) is 12.8 Å². The van der Waals surface area contributed by atoms with Crippen LogP contribution in [0.15, 0.2) is 0 Å². The number of hydrogen-bond acceptors (Lipinski definition) is 3. The minimum atomic E-state index is -0.880. The van der Waals surface area contributed by atoms with Crippen molar-refractivity contribution in [1.82, 2.24) is 0 Å². The molecule has 0 aliphatic rings. The minimum absolute atomic E-state index is 0.0683. The van der Waals surface area contributed by atoms with E-state index in [1.165, 1.54) is 109 Å². The number of carboxylic acid groups (broad SMARTS) is 1. The average molecular weight is 469 g/mol. The van der Waals surface area contributed by atoms with Crippen molar-refractivity contribution < 1.29 is 19.4 Å². The highest BCUT2D eigenvalue weighted by Crippen LogP contribution is 2.16. The fraction of sp³-hybridized carbons (Fsp3) is 0.931. The largest absolute Gasteiger partial charge is 0.481 e. The molecule has 4 heteroatoms. The zero-order chi connectivity index (χ0) is 24.4. The molecule has 0 aliphatic carbocycles. The number of carbonyl (C=O) groups excluding carboxylic acids is 1. The predicted octanol–water partition coefficient (Wildman–Crippen LogP) is 9.39. The molecule has 0 amide bonds. The molecule has 0 aliphatic heterocycles. The summed E-state index contributed by atoms with van der Waals surface area (Å²) in [6.07, 6.45) is 26.8. The van der Waals surface area contributed by atoms with E-state index in [0.717, 1.165) is 25.7 Å². The number of hydrogen-bond donors (Lipinski definition) is 1. The van der Waals surface area contributed by atoms with Gasteiger partial charge in [-0.15, -0.1) is 0 Å². The summed E-state index contributed by atoms with van der Waals surface area (Å²) < 4.78 is 5.51. The first kappa shape index (κ1) is 31.9. The van der Waals surface area contributed by atoms with Gasteiger partial charge in [0.05, 0.1) is 6.42 Å². The van der Waals surface area contributed by atoms with Gasteiger partial charge in [-0.2, -0.15) is 0 Å². The highest BCUT2D eigenvalue weighted by atomic mass is 16.5. The van der Waals surface area contributed by atoms with Crippen LogP contribution in [0.5, 0.6) is 0 Å². The molecule has 0 fully saturated rings. The summed E-state index contributed by atoms with van der Waals surface area (Å²) in [5.41, 5.74) is 0. The molecule has 1 N–H and O–H groups in total. The number of rotatable bonds is 26. The zero-order valence-corrected chi connectivity index (χ0v) is 22.2. The van der Waals surface area contributed by atoms with E-state index < -0.39 is 12.1 Å². The Morgan fingerprint density at radius 3 is 1.33 bits per heavy atom. The van der Waals surface area contributed by atoms with Crippen LogP contribution >= 0.6 is 0 Å². The van der Waals surface area contributed by atoms with Crippen LogP contribution in [0.1, 0.15) is 168 Å². The average Bonchev–Trinajstić information content (AvgIpc) is 2.78. The fourth-order valence-corrected chi connectivity index (χ4v) is 4.44. The van der Waals surface area contributed by atoms with Crippen molar-refractivity contribution in [3.05, 3.63) is 0 Å². The number of carbonyl (C=O) groups is 2. The Labute approximate surface area is 205 Å². The van der Waals surface area contributed by atoms with E-state index in [2.05, 4.69) is 13.8 Å². The van der Waals surface area contributed by atoms with Gasteiger partial charge >= 0.3 is 11.9 Å². The van der Waals surface area contributed by atoms with Gasteiger partial charge in [0.15, 0.2) is 0 Å². The summed E-state index contributed by atoms with van der Waals surface area (Å²) in [6, 6.07) is 0. The molecule has 0 saturated carbocycles. The molecule has 1 unspecified atom stereocenters. The van der Waals surface area contributed by atoms with Crippen LogP contribution < -0.4 is 0 Å². The highest BCUT2D eigenvalue weighted by Gasteiger charge is 2.17. The number of ether oxygens (including phenoxy) is 1. The molecule has 0 spiro atoms. The van der Waals surface area contributed by atoms with E-state index in [4.69, 9.17) is 9.84 Å². The molecule has 0 aromatic carbocycles. The zero-order valence-electron chi connectivity index (χ0n) is 22.2. The summed E-state index contributed by atoms with van der Waals surface area (Å²) in [5, 5.41) is 9.14. The lowest BCUT2D eigenvalue weighted by Gasteiger charge is -2.16. The van der Waals surface area contributed by atoms with Gasteiger partial charge in [0.25, 0.3) is 0 Å². The fourth-order valence-electron chi connectivity index (χ4n) is 4.44. The molecule has 0 radical (unpaired) electrons. The Kier molecular flexibility index (Phi) is 24.7. The van der Waals surface area contributed by atoms with Gasteiger partial charge < -0.3 is 9.84 Å². The number of carboxylic acids is 1. The molecule has 0 rings (SSSR count). The maximum absolute atomic E-state index is 12.2. The van der Waals surface area contributed by atoms with Gasteiger partial charge in [0.2, 0.25) is 0 Å². The lowest BCUT2D eigenvalue weighted by atomic mass is 10.0. The first-order chi connectivity index (χ1) is 16.1. The van der Waals surface area contributed by atoms with Crippen LogP contribution in [0.25, 0.3) is 0 Å². The van der Waals surface area contributed by atoms with E-state index in [1.54, 1.807) is 0 Å². The third-order valence-electron chi connectivity index (χ3n) is 6.56. The van der Waals surface area contributed by atoms with Crippen molar-refractivity contribution in [1.29, 1.82) is 0 Å². The van der Waals surface area contributed by atoms with Gasteiger partial charge in [0.1, 0.15) is 6.10 Å². The number of esters is 1. The molecular formula is C29H56O4. The van der Waals surface area contributed by atoms with E-state index in [-0.39, 0.29) is 12.4 Å². The molecule has 4 nitrogen and oxygen atoms in total. The predicted molar refractivity (Wildman–Crippen MR) is 140 cm³/mol. The molecule has 0 aromatic heterocycles. The first-order valence-electron chi connectivity index (χ1n) is 14.5. The summed E-state index contributed by atoms with van der Waals surface area (Å²) in [7, 11) is 0. The van der Waals surface area contributed by atoms with Gasteiger partial charge in [-0.1, -0.05) is 136 Å². The number of unbranched alkanes of at least 4 members (excludes halogenated alkanes) is 19. The van der Waals surface area contributed by atoms with Crippen LogP contribution in [0.2, 0.25) is 0 Å². The smallest absolute Gasteiger partial charge is 0.307 e. The lowest BCUT2D eigenvalue weighted by molar-refractivity contribution is -0.153. The van der Waals surface area contributed by atoms with Crippen molar-refractivity contribution in [2.24, 2.45) is 0 Å². The van der Waals surface area contributed by atoms with Gasteiger partial charge in [0, 0.05) is 6.42 Å². The Hall–Kier alpha value is -1.06. The van der Waals surface area contributed by atoms with Crippen LogP contribution in [-0.2, 0) is 14.3 Å². The topological polar surface area (TPSA) is 63.6 Å². The SMILES string of the molecule is CCCCCCCCCCCCCCC(=O)OC(CCCCCCCCCCC)CC(=O)O. The summed E-state index contributed by atoms with van der Waals surface area (Å²) in [4.78, 5) is 23.3. The van der Waals surface area contributed by atoms with Gasteiger partial charge in [-0.25, -0.2) is 0 Å². The Morgan fingerprint density at radius 1 is 0.576 bits per heavy atom. The molecule has 196 valence electrons. The number of aliphatic carboxylic acids is 1. The van der Waals surface area contributed by atoms with E-state index in [1.807, 2.05) is 0 Å². The second-order valence-electron chi connectivity index (χ2n) is 9.97. The normalized spacial score (nSPS) is 12.1.